The average Bonchev–Trinajstić information content (AvgIpc) is 2.46. The fourth-order valence-corrected chi connectivity index (χ4v) is 4.60. The molecule has 0 aliphatic heterocycles. The molecule has 10 heteroatoms. The highest BCUT2D eigenvalue weighted by molar-refractivity contribution is 8.00. The van der Waals surface area contributed by atoms with Crippen LogP contribution in [0.5, 0.6) is 0 Å². The fourth-order valence-electron chi connectivity index (χ4n) is 1.60. The molecule has 0 radical (unpaired) electrons. The third kappa shape index (κ3) is 4.74. The second kappa shape index (κ2) is 7.39. The van der Waals surface area contributed by atoms with E-state index in [-0.39, 0.29) is 4.90 Å². The van der Waals surface area contributed by atoms with Crippen LogP contribution in [0.25, 0.3) is 0 Å². The summed E-state index contributed by atoms with van der Waals surface area (Å²) in [6.07, 6.45) is 2.62. The SMILES string of the molecule is CNC(=O)NS(=O)(=O)c1cnccc1Sc1cc(Cl)cc(Cl)c1. The molecule has 0 saturated heterocycles. The van der Waals surface area contributed by atoms with E-state index in [0.717, 1.165) is 11.8 Å². The summed E-state index contributed by atoms with van der Waals surface area (Å²) in [5.41, 5.74) is 0. The second-order valence-electron chi connectivity index (χ2n) is 4.21. The molecule has 0 spiro atoms. The fraction of sp³-hybridized carbons (Fsp3) is 0.0769. The maximum atomic E-state index is 12.3. The number of hydrogen-bond acceptors (Lipinski definition) is 5. The molecule has 0 unspecified atom stereocenters. The molecule has 23 heavy (non-hydrogen) atoms. The van der Waals surface area contributed by atoms with Crippen molar-refractivity contribution >= 4 is 51.0 Å². The van der Waals surface area contributed by atoms with Crippen LogP contribution < -0.4 is 10.0 Å². The monoisotopic (exact) mass is 391 g/mol. The van der Waals surface area contributed by atoms with Crippen molar-refractivity contribution in [2.75, 3.05) is 7.05 Å². The lowest BCUT2D eigenvalue weighted by Gasteiger charge is -2.10. The highest BCUT2D eigenvalue weighted by atomic mass is 35.5. The van der Waals surface area contributed by atoms with Gasteiger partial charge in [-0.15, -0.1) is 0 Å². The van der Waals surface area contributed by atoms with Gasteiger partial charge < -0.3 is 5.32 Å². The maximum Gasteiger partial charge on any atom is 0.328 e. The zero-order valence-corrected chi connectivity index (χ0v) is 14.9. The minimum atomic E-state index is -4.05. The summed E-state index contributed by atoms with van der Waals surface area (Å²) in [6, 6.07) is 5.57. The molecule has 1 aromatic carbocycles. The van der Waals surface area contributed by atoms with E-state index in [1.165, 1.54) is 25.5 Å². The van der Waals surface area contributed by atoms with E-state index >= 15 is 0 Å². The van der Waals surface area contributed by atoms with Crippen molar-refractivity contribution in [1.82, 2.24) is 15.0 Å². The lowest BCUT2D eigenvalue weighted by atomic mass is 10.4. The van der Waals surface area contributed by atoms with Crippen LogP contribution in [-0.4, -0.2) is 26.5 Å². The highest BCUT2D eigenvalue weighted by Crippen LogP contribution is 2.35. The molecule has 0 atom stereocenters. The van der Waals surface area contributed by atoms with E-state index < -0.39 is 16.1 Å². The van der Waals surface area contributed by atoms with Gasteiger partial charge in [0.05, 0.1) is 0 Å². The molecular weight excluding hydrogens is 381 g/mol. The first kappa shape index (κ1) is 17.9. The van der Waals surface area contributed by atoms with Gasteiger partial charge in [0.1, 0.15) is 4.90 Å². The summed E-state index contributed by atoms with van der Waals surface area (Å²) in [7, 11) is -2.74. The molecule has 0 bridgehead atoms. The minimum absolute atomic E-state index is 0.121. The van der Waals surface area contributed by atoms with Gasteiger partial charge >= 0.3 is 6.03 Å². The smallest absolute Gasteiger partial charge is 0.328 e. The molecule has 2 aromatic rings. The minimum Gasteiger partial charge on any atom is -0.340 e. The molecule has 2 rings (SSSR count). The molecule has 2 N–H and O–H groups in total. The number of pyridine rings is 1. The van der Waals surface area contributed by atoms with E-state index in [1.807, 2.05) is 4.72 Å². The van der Waals surface area contributed by atoms with Crippen molar-refractivity contribution in [2.45, 2.75) is 14.7 Å². The van der Waals surface area contributed by atoms with Gasteiger partial charge in [-0.2, -0.15) is 0 Å². The average molecular weight is 392 g/mol. The third-order valence-electron chi connectivity index (χ3n) is 2.55. The van der Waals surface area contributed by atoms with Crippen molar-refractivity contribution in [2.24, 2.45) is 0 Å². The number of amides is 2. The van der Waals surface area contributed by atoms with Gasteiger partial charge in [0.25, 0.3) is 10.0 Å². The normalized spacial score (nSPS) is 11.1. The Hall–Kier alpha value is -1.48. The van der Waals surface area contributed by atoms with Crippen LogP contribution in [0, 0.1) is 0 Å². The highest BCUT2D eigenvalue weighted by Gasteiger charge is 2.21. The van der Waals surface area contributed by atoms with Crippen molar-refractivity contribution in [3.05, 3.63) is 46.7 Å². The molecule has 122 valence electrons. The Kier molecular flexibility index (Phi) is 5.74. The van der Waals surface area contributed by atoms with Gasteiger partial charge in [-0.05, 0) is 24.3 Å². The topological polar surface area (TPSA) is 88.2 Å². The van der Waals surface area contributed by atoms with E-state index in [0.29, 0.717) is 19.8 Å². The molecule has 0 aliphatic rings. The first-order chi connectivity index (χ1) is 10.8. The Morgan fingerprint density at radius 2 is 1.87 bits per heavy atom. The number of benzene rings is 1. The zero-order valence-electron chi connectivity index (χ0n) is 11.7. The molecule has 0 fully saturated rings. The van der Waals surface area contributed by atoms with Crippen LogP contribution in [-0.2, 0) is 10.0 Å². The van der Waals surface area contributed by atoms with Gasteiger partial charge in [0.15, 0.2) is 0 Å². The number of carbonyl (C=O) groups is 1. The van der Waals surface area contributed by atoms with Gasteiger partial charge in [-0.1, -0.05) is 35.0 Å². The lowest BCUT2D eigenvalue weighted by molar-refractivity contribution is 0.247. The number of urea groups is 1. The molecular formula is C13H11Cl2N3O3S2. The van der Waals surface area contributed by atoms with Crippen molar-refractivity contribution < 1.29 is 13.2 Å². The molecule has 0 saturated carbocycles. The summed E-state index contributed by atoms with van der Waals surface area (Å²) in [4.78, 5) is 16.0. The van der Waals surface area contributed by atoms with E-state index in [1.54, 1.807) is 18.2 Å². The quantitative estimate of drug-likeness (QED) is 0.835. The number of rotatable bonds is 4. The van der Waals surface area contributed by atoms with Crippen LogP contribution >= 0.6 is 35.0 Å². The van der Waals surface area contributed by atoms with Gasteiger partial charge in [0, 0.05) is 39.3 Å². The summed E-state index contributed by atoms with van der Waals surface area (Å²) in [5, 5.41) is 3.05. The number of nitrogens with zero attached hydrogens (tertiary/aromatic N) is 1. The molecule has 1 aromatic heterocycles. The predicted molar refractivity (Wildman–Crippen MR) is 89.6 cm³/mol. The number of carbonyl (C=O) groups excluding carboxylic acids is 1. The number of halogens is 2. The van der Waals surface area contributed by atoms with E-state index in [2.05, 4.69) is 10.3 Å². The number of aromatic nitrogens is 1. The Balaban J connectivity index is 2.39. The van der Waals surface area contributed by atoms with Crippen LogP contribution in [0.4, 0.5) is 4.79 Å². The first-order valence-electron chi connectivity index (χ1n) is 6.14. The molecule has 0 aliphatic carbocycles. The molecule has 2 amide bonds. The lowest BCUT2D eigenvalue weighted by Crippen LogP contribution is -2.37. The molecule has 6 nitrogen and oxygen atoms in total. The molecule has 1 heterocycles. The van der Waals surface area contributed by atoms with Crippen molar-refractivity contribution in [1.29, 1.82) is 0 Å². The standard InChI is InChI=1S/C13H11Cl2N3O3S2/c1-16-13(19)18-23(20,21)12-7-17-3-2-11(12)22-10-5-8(14)4-9(15)6-10/h2-7H,1H3,(H2,16,18,19). The summed E-state index contributed by atoms with van der Waals surface area (Å²) < 4.78 is 26.4. The Labute approximate surface area is 147 Å². The first-order valence-corrected chi connectivity index (χ1v) is 9.20. The number of hydrogen-bond donors (Lipinski definition) is 2. The van der Waals surface area contributed by atoms with E-state index in [9.17, 15) is 13.2 Å². The van der Waals surface area contributed by atoms with Crippen LogP contribution in [0.15, 0.2) is 51.3 Å². The number of nitrogens with one attached hydrogen (secondary N) is 2. The zero-order chi connectivity index (χ0) is 17.0. The maximum absolute atomic E-state index is 12.3. The Bertz CT molecular complexity index is 824. The Morgan fingerprint density at radius 3 is 2.48 bits per heavy atom. The predicted octanol–water partition coefficient (Wildman–Crippen LogP) is 3.16. The van der Waals surface area contributed by atoms with Crippen LogP contribution in [0.2, 0.25) is 10.0 Å². The van der Waals surface area contributed by atoms with Gasteiger partial charge in [0.2, 0.25) is 0 Å². The van der Waals surface area contributed by atoms with Gasteiger partial charge in [-0.3, -0.25) is 4.98 Å². The van der Waals surface area contributed by atoms with Crippen LogP contribution in [0.3, 0.4) is 0 Å². The van der Waals surface area contributed by atoms with E-state index in [4.69, 9.17) is 23.2 Å². The second-order valence-corrected chi connectivity index (χ2v) is 7.85. The van der Waals surface area contributed by atoms with Gasteiger partial charge in [-0.25, -0.2) is 17.9 Å². The number of sulfonamides is 1. The summed E-state index contributed by atoms with van der Waals surface area (Å²) in [5.74, 6) is 0. The largest absolute Gasteiger partial charge is 0.340 e. The third-order valence-corrected chi connectivity index (χ3v) is 5.53. The Morgan fingerprint density at radius 1 is 1.22 bits per heavy atom. The summed E-state index contributed by atoms with van der Waals surface area (Å²) in [6.45, 7) is 0. The summed E-state index contributed by atoms with van der Waals surface area (Å²) >= 11 is 13.0. The van der Waals surface area contributed by atoms with Crippen molar-refractivity contribution in [3.63, 3.8) is 0 Å². The van der Waals surface area contributed by atoms with Crippen LogP contribution in [0.1, 0.15) is 0 Å². The van der Waals surface area contributed by atoms with Crippen molar-refractivity contribution in [3.8, 4) is 0 Å².